The number of hydrogen-bond donors (Lipinski definition) is 0. The van der Waals surface area contributed by atoms with Gasteiger partial charge in [0, 0.05) is 0 Å². The van der Waals surface area contributed by atoms with Gasteiger partial charge in [-0.25, -0.2) is 0 Å². The van der Waals surface area contributed by atoms with Crippen molar-refractivity contribution in [1.29, 1.82) is 0 Å². The number of hydrogen-bond acceptors (Lipinski definition) is 0. The van der Waals surface area contributed by atoms with Crippen LogP contribution in [0.2, 0.25) is 24.1 Å². The molecule has 1 aliphatic rings. The van der Waals surface area contributed by atoms with Gasteiger partial charge in [0.15, 0.2) is 0 Å². The molecule has 0 heterocycles. The molecule has 1 aliphatic carbocycles. The van der Waals surface area contributed by atoms with Crippen molar-refractivity contribution in [2.75, 3.05) is 0 Å². The SMILES string of the molecule is C[Si](C)(C)[CH2][Pt][C]1=C(c2ccc3ccc4cccc5ccc2c3c45)C=CC1. The standard InChI is InChI=1S/C21H13.C4H11Si.Pt/c1-2-5-14(4-1)18-12-10-17-9-8-15-6-3-7-16-11-13-19(18)21(17)20(15)16;1-5(2,3)4;/h1,3-4,6-13H,2H2;1H2,2-4H3;. The van der Waals surface area contributed by atoms with E-state index in [4.69, 9.17) is 0 Å². The molecule has 0 spiro atoms. The molecule has 0 nitrogen and oxygen atoms in total. The van der Waals surface area contributed by atoms with Crippen LogP contribution < -0.4 is 0 Å². The van der Waals surface area contributed by atoms with Gasteiger partial charge < -0.3 is 0 Å². The Labute approximate surface area is 170 Å². The van der Waals surface area contributed by atoms with Gasteiger partial charge in [-0.2, -0.15) is 0 Å². The molecular weight excluding hydrogens is 523 g/mol. The van der Waals surface area contributed by atoms with Crippen molar-refractivity contribution in [1.82, 2.24) is 0 Å². The summed E-state index contributed by atoms with van der Waals surface area (Å²) in [7, 11) is -0.974. The van der Waals surface area contributed by atoms with Crippen LogP contribution in [0.1, 0.15) is 12.0 Å². The topological polar surface area (TPSA) is 0 Å². The third-order valence-corrected chi connectivity index (χ3v) is 16.5. The van der Waals surface area contributed by atoms with Crippen LogP contribution in [0.15, 0.2) is 70.7 Å². The maximum absolute atomic E-state index is 2.51. The second kappa shape index (κ2) is 6.43. The van der Waals surface area contributed by atoms with Gasteiger partial charge in [-0.1, -0.05) is 0 Å². The number of rotatable bonds is 4. The molecule has 0 saturated heterocycles. The third kappa shape index (κ3) is 3.02. The van der Waals surface area contributed by atoms with E-state index in [2.05, 4.69) is 86.4 Å². The Hall–Kier alpha value is -1.69. The fourth-order valence-electron chi connectivity index (χ4n) is 4.01. The summed E-state index contributed by atoms with van der Waals surface area (Å²) < 4.78 is 3.23. The monoisotopic (exact) mass is 547 g/mol. The van der Waals surface area contributed by atoms with Crippen LogP contribution in [0, 0.1) is 0 Å². The van der Waals surface area contributed by atoms with Gasteiger partial charge in [-0.05, 0) is 0 Å². The first-order chi connectivity index (χ1) is 13.0. The predicted molar refractivity (Wildman–Crippen MR) is 119 cm³/mol. The molecule has 27 heavy (non-hydrogen) atoms. The van der Waals surface area contributed by atoms with E-state index < -0.39 is 8.07 Å². The Morgan fingerprint density at radius 2 is 1.48 bits per heavy atom. The molecule has 0 aliphatic heterocycles. The predicted octanol–water partition coefficient (Wildman–Crippen LogP) is 7.63. The summed E-state index contributed by atoms with van der Waals surface area (Å²) in [6.07, 6.45) is 5.95. The molecule has 0 aromatic heterocycles. The minimum absolute atomic E-state index is 0.127. The zero-order valence-corrected chi connectivity index (χ0v) is 19.4. The summed E-state index contributed by atoms with van der Waals surface area (Å²) in [5.41, 5.74) is 2.97. The Morgan fingerprint density at radius 3 is 2.22 bits per heavy atom. The fourth-order valence-corrected chi connectivity index (χ4v) is 11.1. The zero-order valence-electron chi connectivity index (χ0n) is 16.1. The number of allylic oxidation sites excluding steroid dienone is 4. The van der Waals surface area contributed by atoms with Gasteiger partial charge >= 0.3 is 171 Å². The summed E-state index contributed by atoms with van der Waals surface area (Å²) in [5, 5.41) is 8.36. The van der Waals surface area contributed by atoms with E-state index in [9.17, 15) is 0 Å². The zero-order chi connectivity index (χ0) is 18.6. The summed E-state index contributed by atoms with van der Waals surface area (Å²) >= 11 is 0.127. The van der Waals surface area contributed by atoms with E-state index in [0.717, 1.165) is 0 Å². The molecule has 2 heteroatoms. The van der Waals surface area contributed by atoms with E-state index in [0.29, 0.717) is 0 Å². The van der Waals surface area contributed by atoms with Gasteiger partial charge in [-0.15, -0.1) is 0 Å². The van der Waals surface area contributed by atoms with Crippen LogP contribution in [-0.2, 0) is 18.6 Å². The average molecular weight is 548 g/mol. The summed E-state index contributed by atoms with van der Waals surface area (Å²) in [4.78, 5) is 0. The van der Waals surface area contributed by atoms with Gasteiger partial charge in [0.25, 0.3) is 0 Å². The van der Waals surface area contributed by atoms with E-state index in [1.807, 2.05) is 0 Å². The molecule has 0 fully saturated rings. The quantitative estimate of drug-likeness (QED) is 0.182. The van der Waals surface area contributed by atoms with Gasteiger partial charge in [0.2, 0.25) is 0 Å². The van der Waals surface area contributed by atoms with Crippen molar-refractivity contribution in [2.45, 2.75) is 30.5 Å². The molecule has 0 unspecified atom stereocenters. The molecular formula is C25H24PtSi. The van der Waals surface area contributed by atoms with Crippen LogP contribution in [0.5, 0.6) is 0 Å². The molecule has 0 atom stereocenters. The van der Waals surface area contributed by atoms with E-state index >= 15 is 0 Å². The minimum atomic E-state index is -0.974. The van der Waals surface area contributed by atoms with E-state index in [1.54, 1.807) is 3.96 Å². The van der Waals surface area contributed by atoms with Gasteiger partial charge in [0.05, 0.1) is 0 Å². The first-order valence-electron chi connectivity index (χ1n) is 9.60. The molecule has 138 valence electrons. The molecule has 4 aromatic rings. The fraction of sp³-hybridized carbons (Fsp3) is 0.200. The van der Waals surface area contributed by atoms with E-state index in [1.165, 1.54) is 54.3 Å². The average Bonchev–Trinajstić information content (AvgIpc) is 3.12. The van der Waals surface area contributed by atoms with Crippen molar-refractivity contribution in [2.24, 2.45) is 0 Å². The number of benzene rings is 4. The van der Waals surface area contributed by atoms with Gasteiger partial charge in [0.1, 0.15) is 0 Å². The first kappa shape index (κ1) is 17.4. The van der Waals surface area contributed by atoms with Crippen molar-refractivity contribution < 1.29 is 18.6 Å². The van der Waals surface area contributed by atoms with Crippen molar-refractivity contribution in [3.8, 4) is 0 Å². The van der Waals surface area contributed by atoms with Crippen molar-refractivity contribution in [3.63, 3.8) is 0 Å². The summed E-state index contributed by atoms with van der Waals surface area (Å²) in [5.74, 6) is 0. The van der Waals surface area contributed by atoms with Crippen LogP contribution >= 0.6 is 0 Å². The normalized spacial score (nSPS) is 15.2. The Balaban J connectivity index is 1.75. The second-order valence-electron chi connectivity index (χ2n) is 8.64. The molecule has 0 bridgehead atoms. The van der Waals surface area contributed by atoms with Crippen LogP contribution in [-0.4, -0.2) is 8.07 Å². The first-order valence-corrected chi connectivity index (χ1v) is 16.0. The van der Waals surface area contributed by atoms with Gasteiger partial charge in [-0.3, -0.25) is 0 Å². The Kier molecular flexibility index (Phi) is 4.15. The molecule has 0 saturated carbocycles. The van der Waals surface area contributed by atoms with Crippen molar-refractivity contribution >= 4 is 46.0 Å². The third-order valence-electron chi connectivity index (χ3n) is 5.19. The second-order valence-corrected chi connectivity index (χ2v) is 18.6. The van der Waals surface area contributed by atoms with Crippen molar-refractivity contribution in [3.05, 3.63) is 76.3 Å². The molecule has 4 aromatic carbocycles. The summed E-state index contributed by atoms with van der Waals surface area (Å²) in [6, 6.07) is 20.6. The Bertz CT molecular complexity index is 1210. The van der Waals surface area contributed by atoms with Crippen LogP contribution in [0.4, 0.5) is 0 Å². The molecule has 0 N–H and O–H groups in total. The summed E-state index contributed by atoms with van der Waals surface area (Å²) in [6.45, 7) is 7.52. The Morgan fingerprint density at radius 1 is 0.815 bits per heavy atom. The van der Waals surface area contributed by atoms with Crippen LogP contribution in [0.25, 0.3) is 37.9 Å². The molecule has 5 rings (SSSR count). The molecule has 0 amide bonds. The van der Waals surface area contributed by atoms with Crippen LogP contribution in [0.3, 0.4) is 0 Å². The molecule has 0 radical (unpaired) electrons. The van der Waals surface area contributed by atoms with E-state index in [-0.39, 0.29) is 18.6 Å². The maximum atomic E-state index is 2.51.